The van der Waals surface area contributed by atoms with Crippen LogP contribution in [0.2, 0.25) is 0 Å². The smallest absolute Gasteiger partial charge is 0.0460 e. The molecule has 0 aliphatic rings. The second-order valence-corrected chi connectivity index (χ2v) is 4.73. The van der Waals surface area contributed by atoms with Gasteiger partial charge in [0, 0.05) is 16.8 Å². The molecule has 0 aliphatic carbocycles. The van der Waals surface area contributed by atoms with E-state index in [4.69, 9.17) is 5.73 Å². The van der Waals surface area contributed by atoms with Crippen LogP contribution in [0.3, 0.4) is 0 Å². The minimum Gasteiger partial charge on any atom is -0.330 e. The minimum absolute atomic E-state index is 0.131. The van der Waals surface area contributed by atoms with Crippen molar-refractivity contribution in [2.75, 3.05) is 6.54 Å². The van der Waals surface area contributed by atoms with Crippen molar-refractivity contribution < 1.29 is 0 Å². The molecule has 0 aromatic carbocycles. The molecule has 1 rings (SSSR count). The van der Waals surface area contributed by atoms with Gasteiger partial charge in [0.1, 0.15) is 0 Å². The van der Waals surface area contributed by atoms with Crippen LogP contribution in [-0.2, 0) is 11.8 Å². The predicted molar refractivity (Wildman–Crippen MR) is 60.4 cm³/mol. The van der Waals surface area contributed by atoms with Crippen LogP contribution in [0.25, 0.3) is 0 Å². The molecule has 0 radical (unpaired) electrons. The maximum atomic E-state index is 5.53. The van der Waals surface area contributed by atoms with Gasteiger partial charge in [0.25, 0.3) is 0 Å². The summed E-state index contributed by atoms with van der Waals surface area (Å²) in [5.41, 5.74) is 9.18. The zero-order chi connectivity index (χ0) is 10.8. The first kappa shape index (κ1) is 11.2. The van der Waals surface area contributed by atoms with Crippen LogP contribution >= 0.6 is 0 Å². The van der Waals surface area contributed by atoms with E-state index in [1.54, 1.807) is 0 Å². The highest BCUT2D eigenvalue weighted by Gasteiger charge is 2.15. The highest BCUT2D eigenvalue weighted by Crippen LogP contribution is 2.21. The molecule has 0 saturated carbocycles. The Balaban J connectivity index is 3.01. The first-order valence-electron chi connectivity index (χ1n) is 5.12. The van der Waals surface area contributed by atoms with E-state index in [2.05, 4.69) is 44.8 Å². The van der Waals surface area contributed by atoms with Crippen molar-refractivity contribution >= 4 is 0 Å². The highest BCUT2D eigenvalue weighted by atomic mass is 14.7. The Kier molecular flexibility index (Phi) is 3.27. The molecule has 0 bridgehead atoms. The molecular formula is C12H20N2. The van der Waals surface area contributed by atoms with Crippen LogP contribution in [0.5, 0.6) is 0 Å². The summed E-state index contributed by atoms with van der Waals surface area (Å²) in [6.45, 7) is 9.28. The summed E-state index contributed by atoms with van der Waals surface area (Å²) in [5.74, 6) is 0. The van der Waals surface area contributed by atoms with Crippen LogP contribution in [0, 0.1) is 6.92 Å². The number of hydrogen-bond donors (Lipinski definition) is 1. The Morgan fingerprint density at radius 2 is 1.93 bits per heavy atom. The Labute approximate surface area is 86.5 Å². The zero-order valence-corrected chi connectivity index (χ0v) is 9.59. The van der Waals surface area contributed by atoms with Crippen LogP contribution in [0.4, 0.5) is 0 Å². The van der Waals surface area contributed by atoms with Crippen molar-refractivity contribution in [2.24, 2.45) is 5.73 Å². The molecule has 78 valence electrons. The van der Waals surface area contributed by atoms with Crippen molar-refractivity contribution in [3.63, 3.8) is 0 Å². The van der Waals surface area contributed by atoms with Gasteiger partial charge in [0.15, 0.2) is 0 Å². The molecule has 0 aliphatic heterocycles. The number of aryl methyl sites for hydroxylation is 1. The number of nitrogens with zero attached hydrogens (tertiary/aromatic N) is 1. The second-order valence-electron chi connectivity index (χ2n) is 4.73. The zero-order valence-electron chi connectivity index (χ0n) is 9.59. The first-order valence-corrected chi connectivity index (χ1v) is 5.12. The van der Waals surface area contributed by atoms with Crippen LogP contribution < -0.4 is 5.73 Å². The average molecular weight is 192 g/mol. The number of aromatic nitrogens is 1. The first-order chi connectivity index (χ1) is 6.45. The fraction of sp³-hybridized carbons (Fsp3) is 0.583. The maximum Gasteiger partial charge on any atom is 0.0460 e. The van der Waals surface area contributed by atoms with E-state index in [0.29, 0.717) is 6.54 Å². The molecule has 1 heterocycles. The number of nitrogens with two attached hydrogens (primary N) is 1. The predicted octanol–water partition coefficient (Wildman–Crippen LogP) is 2.19. The van der Waals surface area contributed by atoms with E-state index in [-0.39, 0.29) is 5.41 Å². The third-order valence-corrected chi connectivity index (χ3v) is 2.38. The standard InChI is InChI=1S/C12H20N2/c1-9-10(7-8-13)5-6-11(14-9)12(2,3)4/h5-6H,7-8,13H2,1-4H3. The van der Waals surface area contributed by atoms with Gasteiger partial charge in [-0.25, -0.2) is 0 Å². The van der Waals surface area contributed by atoms with E-state index in [1.807, 2.05) is 0 Å². The molecule has 0 spiro atoms. The van der Waals surface area contributed by atoms with Crippen molar-refractivity contribution in [1.82, 2.24) is 4.98 Å². The molecule has 0 atom stereocenters. The lowest BCUT2D eigenvalue weighted by molar-refractivity contribution is 0.566. The monoisotopic (exact) mass is 192 g/mol. The lowest BCUT2D eigenvalue weighted by Crippen LogP contribution is -2.15. The summed E-state index contributed by atoms with van der Waals surface area (Å²) < 4.78 is 0. The Morgan fingerprint density at radius 3 is 2.36 bits per heavy atom. The van der Waals surface area contributed by atoms with Gasteiger partial charge < -0.3 is 5.73 Å². The van der Waals surface area contributed by atoms with E-state index in [1.165, 1.54) is 5.56 Å². The topological polar surface area (TPSA) is 38.9 Å². The fourth-order valence-corrected chi connectivity index (χ4v) is 1.43. The van der Waals surface area contributed by atoms with Gasteiger partial charge in [-0.2, -0.15) is 0 Å². The minimum atomic E-state index is 0.131. The molecule has 1 aromatic rings. The largest absolute Gasteiger partial charge is 0.330 e. The molecule has 0 amide bonds. The lowest BCUT2D eigenvalue weighted by atomic mass is 9.91. The Hall–Kier alpha value is -0.890. The third-order valence-electron chi connectivity index (χ3n) is 2.38. The Morgan fingerprint density at radius 1 is 1.29 bits per heavy atom. The number of pyridine rings is 1. The fourth-order valence-electron chi connectivity index (χ4n) is 1.43. The van der Waals surface area contributed by atoms with Crippen LogP contribution in [-0.4, -0.2) is 11.5 Å². The molecule has 0 saturated heterocycles. The maximum absolute atomic E-state index is 5.53. The summed E-state index contributed by atoms with van der Waals surface area (Å²) in [5, 5.41) is 0. The summed E-state index contributed by atoms with van der Waals surface area (Å²) >= 11 is 0. The van der Waals surface area contributed by atoms with Gasteiger partial charge in [-0.15, -0.1) is 0 Å². The molecule has 0 unspecified atom stereocenters. The summed E-state index contributed by atoms with van der Waals surface area (Å²) in [6, 6.07) is 4.26. The molecular weight excluding hydrogens is 172 g/mol. The third kappa shape index (κ3) is 2.55. The van der Waals surface area contributed by atoms with Gasteiger partial charge in [-0.05, 0) is 31.5 Å². The number of hydrogen-bond acceptors (Lipinski definition) is 2. The lowest BCUT2D eigenvalue weighted by Gasteiger charge is -2.19. The van der Waals surface area contributed by atoms with Gasteiger partial charge in [0.2, 0.25) is 0 Å². The van der Waals surface area contributed by atoms with Gasteiger partial charge in [-0.1, -0.05) is 26.8 Å². The molecule has 1 aromatic heterocycles. The van der Waals surface area contributed by atoms with Crippen molar-refractivity contribution in [3.8, 4) is 0 Å². The average Bonchev–Trinajstić information content (AvgIpc) is 2.07. The molecule has 2 nitrogen and oxygen atoms in total. The van der Waals surface area contributed by atoms with Crippen LogP contribution in [0.15, 0.2) is 12.1 Å². The van der Waals surface area contributed by atoms with Crippen molar-refractivity contribution in [3.05, 3.63) is 29.1 Å². The summed E-state index contributed by atoms with van der Waals surface area (Å²) in [7, 11) is 0. The highest BCUT2D eigenvalue weighted by molar-refractivity contribution is 5.25. The van der Waals surface area contributed by atoms with E-state index >= 15 is 0 Å². The summed E-state index contributed by atoms with van der Waals surface area (Å²) in [6.07, 6.45) is 0.920. The second kappa shape index (κ2) is 4.09. The SMILES string of the molecule is Cc1nc(C(C)(C)C)ccc1CCN. The Bertz CT molecular complexity index is 311. The quantitative estimate of drug-likeness (QED) is 0.780. The molecule has 2 heteroatoms. The number of rotatable bonds is 2. The molecule has 14 heavy (non-hydrogen) atoms. The van der Waals surface area contributed by atoms with Gasteiger partial charge in [0.05, 0.1) is 0 Å². The summed E-state index contributed by atoms with van der Waals surface area (Å²) in [4.78, 5) is 4.61. The van der Waals surface area contributed by atoms with E-state index in [9.17, 15) is 0 Å². The normalized spacial score (nSPS) is 11.8. The van der Waals surface area contributed by atoms with Gasteiger partial charge >= 0.3 is 0 Å². The molecule has 0 fully saturated rings. The van der Waals surface area contributed by atoms with E-state index < -0.39 is 0 Å². The van der Waals surface area contributed by atoms with Crippen molar-refractivity contribution in [1.29, 1.82) is 0 Å². The van der Waals surface area contributed by atoms with Crippen LogP contribution in [0.1, 0.15) is 37.7 Å². The van der Waals surface area contributed by atoms with Crippen molar-refractivity contribution in [2.45, 2.75) is 39.5 Å². The molecule has 2 N–H and O–H groups in total. The van der Waals surface area contributed by atoms with E-state index in [0.717, 1.165) is 17.8 Å². The van der Waals surface area contributed by atoms with Gasteiger partial charge in [-0.3, -0.25) is 4.98 Å².